The lowest BCUT2D eigenvalue weighted by Gasteiger charge is -1.92. The predicted molar refractivity (Wildman–Crippen MR) is 75.6 cm³/mol. The normalized spacial score (nSPS) is 12.0. The molecule has 0 N–H and O–H groups in total. The largest absolute Gasteiger partial charge is 0.0845 e. The molecule has 0 saturated heterocycles. The Kier molecular flexibility index (Phi) is 9.80. The van der Waals surface area contributed by atoms with Crippen LogP contribution in [0, 0.1) is 0 Å². The van der Waals surface area contributed by atoms with Crippen molar-refractivity contribution in [2.75, 3.05) is 0 Å². The van der Waals surface area contributed by atoms with Gasteiger partial charge in [0.05, 0.1) is 0 Å². The summed E-state index contributed by atoms with van der Waals surface area (Å²) in [6.07, 6.45) is 18.0. The van der Waals surface area contributed by atoms with E-state index in [0.717, 1.165) is 0 Å². The van der Waals surface area contributed by atoms with E-state index in [2.05, 4.69) is 64.2 Å². The van der Waals surface area contributed by atoms with Gasteiger partial charge in [-0.05, 0) is 33.6 Å². The van der Waals surface area contributed by atoms with Gasteiger partial charge in [-0.25, -0.2) is 0 Å². The highest BCUT2D eigenvalue weighted by molar-refractivity contribution is 5.24. The van der Waals surface area contributed by atoms with Crippen LogP contribution < -0.4 is 0 Å². The van der Waals surface area contributed by atoms with E-state index in [0.29, 0.717) is 0 Å². The first-order valence-corrected chi connectivity index (χ1v) is 6.32. The quantitative estimate of drug-likeness (QED) is 0.386. The molecule has 0 atom stereocenters. The van der Waals surface area contributed by atoms with Crippen LogP contribution in [0.25, 0.3) is 0 Å². The summed E-state index contributed by atoms with van der Waals surface area (Å²) in [6, 6.07) is 0. The van der Waals surface area contributed by atoms with Crippen LogP contribution in [0.1, 0.15) is 53.4 Å². The van der Waals surface area contributed by atoms with Gasteiger partial charge in [0, 0.05) is 0 Å². The van der Waals surface area contributed by atoms with Gasteiger partial charge in [0.2, 0.25) is 0 Å². The zero-order chi connectivity index (χ0) is 12.2. The highest BCUT2D eigenvalue weighted by atomic mass is 13.9. The predicted octanol–water partition coefficient (Wildman–Crippen LogP) is 5.59. The molecule has 0 amide bonds. The van der Waals surface area contributed by atoms with Crippen LogP contribution in [-0.4, -0.2) is 0 Å². The van der Waals surface area contributed by atoms with E-state index < -0.39 is 0 Å². The molecule has 0 rings (SSSR count). The SMILES string of the molecule is CCCCC/C=C/C=C/C=C/C(C)=C(C)C. The zero-order valence-electron chi connectivity index (χ0n) is 11.3. The smallest absolute Gasteiger partial charge is 0.0348 e. The zero-order valence-corrected chi connectivity index (χ0v) is 11.3. The summed E-state index contributed by atoms with van der Waals surface area (Å²) >= 11 is 0. The first-order valence-electron chi connectivity index (χ1n) is 6.32. The van der Waals surface area contributed by atoms with Crippen molar-refractivity contribution in [1.82, 2.24) is 0 Å². The summed E-state index contributed by atoms with van der Waals surface area (Å²) in [5.41, 5.74) is 2.72. The van der Waals surface area contributed by atoms with E-state index in [4.69, 9.17) is 0 Å². The van der Waals surface area contributed by atoms with Crippen molar-refractivity contribution in [3.63, 3.8) is 0 Å². The van der Waals surface area contributed by atoms with Crippen molar-refractivity contribution < 1.29 is 0 Å². The van der Waals surface area contributed by atoms with E-state index in [1.54, 1.807) is 0 Å². The molecule has 0 aliphatic carbocycles. The van der Waals surface area contributed by atoms with E-state index >= 15 is 0 Å². The minimum Gasteiger partial charge on any atom is -0.0845 e. The summed E-state index contributed by atoms with van der Waals surface area (Å²) in [5, 5.41) is 0. The maximum absolute atomic E-state index is 2.24. The molecule has 0 nitrogen and oxygen atoms in total. The molecule has 0 spiro atoms. The molecule has 0 aromatic rings. The summed E-state index contributed by atoms with van der Waals surface area (Å²) in [7, 11) is 0. The van der Waals surface area contributed by atoms with Crippen LogP contribution in [0.4, 0.5) is 0 Å². The molecule has 0 heterocycles. The van der Waals surface area contributed by atoms with Crippen LogP contribution in [0.15, 0.2) is 47.6 Å². The van der Waals surface area contributed by atoms with Gasteiger partial charge in [0.1, 0.15) is 0 Å². The fourth-order valence-electron chi connectivity index (χ4n) is 1.18. The van der Waals surface area contributed by atoms with E-state index in [1.807, 2.05) is 0 Å². The second kappa shape index (κ2) is 10.5. The van der Waals surface area contributed by atoms with Crippen LogP contribution in [-0.2, 0) is 0 Å². The van der Waals surface area contributed by atoms with E-state index in [9.17, 15) is 0 Å². The Labute approximate surface area is 101 Å². The molecule has 0 unspecified atom stereocenters. The number of unbranched alkanes of at least 4 members (excludes halogenated alkanes) is 3. The first kappa shape index (κ1) is 15.0. The molecule has 0 fully saturated rings. The van der Waals surface area contributed by atoms with Crippen LogP contribution in [0.5, 0.6) is 0 Å². The van der Waals surface area contributed by atoms with Gasteiger partial charge < -0.3 is 0 Å². The van der Waals surface area contributed by atoms with Gasteiger partial charge in [0.25, 0.3) is 0 Å². The van der Waals surface area contributed by atoms with Crippen molar-refractivity contribution in [3.8, 4) is 0 Å². The lowest BCUT2D eigenvalue weighted by molar-refractivity contribution is 0.729. The standard InChI is InChI=1S/C16H26/c1-5-6-7-8-9-10-11-12-13-14-16(4)15(2)3/h9-14H,5-8H2,1-4H3/b10-9+,12-11+,14-13+. The average molecular weight is 218 g/mol. The topological polar surface area (TPSA) is 0 Å². The Morgan fingerprint density at radius 3 is 2.19 bits per heavy atom. The molecule has 16 heavy (non-hydrogen) atoms. The molecular formula is C16H26. The van der Waals surface area contributed by atoms with Crippen LogP contribution in [0.2, 0.25) is 0 Å². The highest BCUT2D eigenvalue weighted by Crippen LogP contribution is 2.03. The molecule has 0 radical (unpaired) electrons. The molecule has 90 valence electrons. The van der Waals surface area contributed by atoms with Crippen LogP contribution >= 0.6 is 0 Å². The first-order chi connectivity index (χ1) is 7.68. The lowest BCUT2D eigenvalue weighted by Crippen LogP contribution is -1.71. The van der Waals surface area contributed by atoms with Gasteiger partial charge in [0.15, 0.2) is 0 Å². The maximum atomic E-state index is 2.24. The maximum Gasteiger partial charge on any atom is -0.0348 e. The summed E-state index contributed by atoms with van der Waals surface area (Å²) in [5.74, 6) is 0. The molecule has 0 bridgehead atoms. The number of hydrogen-bond acceptors (Lipinski definition) is 0. The third kappa shape index (κ3) is 9.51. The van der Waals surface area contributed by atoms with Crippen LogP contribution in [0.3, 0.4) is 0 Å². The van der Waals surface area contributed by atoms with Gasteiger partial charge in [-0.1, -0.05) is 67.4 Å². The highest BCUT2D eigenvalue weighted by Gasteiger charge is 1.82. The summed E-state index contributed by atoms with van der Waals surface area (Å²) in [6.45, 7) is 8.65. The Morgan fingerprint density at radius 2 is 1.56 bits per heavy atom. The third-order valence-corrected chi connectivity index (χ3v) is 2.58. The molecule has 0 saturated carbocycles. The van der Waals surface area contributed by atoms with E-state index in [1.165, 1.54) is 36.8 Å². The van der Waals surface area contributed by atoms with Crippen molar-refractivity contribution in [2.45, 2.75) is 53.4 Å². The average Bonchev–Trinajstić information content (AvgIpc) is 2.26. The molecular weight excluding hydrogens is 192 g/mol. The second-order valence-corrected chi connectivity index (χ2v) is 4.35. The van der Waals surface area contributed by atoms with Crippen molar-refractivity contribution >= 4 is 0 Å². The molecule has 0 aromatic heterocycles. The van der Waals surface area contributed by atoms with Gasteiger partial charge in [-0.2, -0.15) is 0 Å². The van der Waals surface area contributed by atoms with Crippen molar-refractivity contribution in [3.05, 3.63) is 47.6 Å². The summed E-state index contributed by atoms with van der Waals surface area (Å²) < 4.78 is 0. The van der Waals surface area contributed by atoms with Crippen molar-refractivity contribution in [1.29, 1.82) is 0 Å². The Hall–Kier alpha value is -1.04. The number of rotatable bonds is 7. The molecule has 0 aliphatic heterocycles. The fraction of sp³-hybridized carbons (Fsp3) is 0.500. The Morgan fingerprint density at radius 1 is 0.875 bits per heavy atom. The third-order valence-electron chi connectivity index (χ3n) is 2.58. The lowest BCUT2D eigenvalue weighted by atomic mass is 10.1. The van der Waals surface area contributed by atoms with E-state index in [-0.39, 0.29) is 0 Å². The number of hydrogen-bond donors (Lipinski definition) is 0. The molecule has 0 aromatic carbocycles. The molecule has 0 aliphatic rings. The van der Waals surface area contributed by atoms with Gasteiger partial charge in [-0.15, -0.1) is 0 Å². The minimum atomic E-state index is 1.20. The Bertz CT molecular complexity index is 270. The second-order valence-electron chi connectivity index (χ2n) is 4.35. The fourth-order valence-corrected chi connectivity index (χ4v) is 1.18. The Balaban J connectivity index is 3.73. The monoisotopic (exact) mass is 218 g/mol. The van der Waals surface area contributed by atoms with Gasteiger partial charge in [-0.3, -0.25) is 0 Å². The summed E-state index contributed by atoms with van der Waals surface area (Å²) in [4.78, 5) is 0. The number of allylic oxidation sites excluding steroid dienone is 8. The molecule has 0 heteroatoms. The van der Waals surface area contributed by atoms with Gasteiger partial charge >= 0.3 is 0 Å². The minimum absolute atomic E-state index is 1.20. The van der Waals surface area contributed by atoms with Crippen molar-refractivity contribution in [2.24, 2.45) is 0 Å².